The molecule has 40 heavy (non-hydrogen) atoms. The summed E-state index contributed by atoms with van der Waals surface area (Å²) in [5, 5.41) is 18.3. The summed E-state index contributed by atoms with van der Waals surface area (Å²) in [4.78, 5) is 36.0. The second-order valence-corrected chi connectivity index (χ2v) is 10.4. The Morgan fingerprint density at radius 1 is 1.12 bits per heavy atom. The van der Waals surface area contributed by atoms with Crippen molar-refractivity contribution >= 4 is 35.1 Å². The van der Waals surface area contributed by atoms with Gasteiger partial charge in [0.2, 0.25) is 11.9 Å². The quantitative estimate of drug-likeness (QED) is 0.275. The molecule has 2 N–H and O–H groups in total. The summed E-state index contributed by atoms with van der Waals surface area (Å²) in [6, 6.07) is 15.0. The fourth-order valence-corrected chi connectivity index (χ4v) is 4.91. The largest absolute Gasteiger partial charge is 0.291 e. The average Bonchev–Trinajstić information content (AvgIpc) is 3.56. The highest BCUT2D eigenvalue weighted by molar-refractivity contribution is 6.31. The molecule has 13 heteroatoms. The number of rotatable bonds is 8. The lowest BCUT2D eigenvalue weighted by Crippen LogP contribution is -2.35. The number of hydrogen-bond donors (Lipinski definition) is 2. The first-order chi connectivity index (χ1) is 19.4. The summed E-state index contributed by atoms with van der Waals surface area (Å²) in [5.41, 5.74) is 1.94. The molecule has 2 aromatic carbocycles. The first kappa shape index (κ1) is 25.9. The molecule has 11 nitrogen and oxygen atoms in total. The SMILES string of the molecule is O=C(Nc1n[nH]c(C2CCC2)n1)[C@H](Cc1ccccc1)n1cnc(-c2cc(Cl)ccc2-n2cc(Cl)nn2)cc1=O. The van der Waals surface area contributed by atoms with Gasteiger partial charge >= 0.3 is 0 Å². The summed E-state index contributed by atoms with van der Waals surface area (Å²) in [6.45, 7) is 0. The third-order valence-corrected chi connectivity index (χ3v) is 7.33. The predicted molar refractivity (Wildman–Crippen MR) is 150 cm³/mol. The molecule has 3 aromatic heterocycles. The molecule has 1 atom stereocenters. The Bertz CT molecular complexity index is 1730. The van der Waals surface area contributed by atoms with Crippen molar-refractivity contribution in [2.75, 3.05) is 5.32 Å². The molecular weight excluding hydrogens is 553 g/mol. The van der Waals surface area contributed by atoms with E-state index in [0.29, 0.717) is 27.9 Å². The smallest absolute Gasteiger partial charge is 0.254 e. The van der Waals surface area contributed by atoms with Crippen LogP contribution in [0.25, 0.3) is 16.9 Å². The van der Waals surface area contributed by atoms with Crippen LogP contribution in [0.15, 0.2) is 71.9 Å². The number of carbonyl (C=O) groups excluding carboxylic acids is 1. The first-order valence-electron chi connectivity index (χ1n) is 12.7. The van der Waals surface area contributed by atoms with Gasteiger partial charge in [-0.15, -0.1) is 10.2 Å². The normalized spacial score (nSPS) is 14.1. The standard InChI is InChI=1S/C27H23Cl2N9O2/c28-18-9-10-21(38-14-23(29)33-36-38)19(12-18)20-13-24(39)37(15-30-20)22(11-16-5-2-1-3-6-16)26(40)32-27-31-25(34-35-27)17-7-4-8-17/h1-3,5-6,9-10,12-15,17,22H,4,7-8,11H2,(H2,31,32,34,35,40)/t22-/m0/s1. The van der Waals surface area contributed by atoms with Gasteiger partial charge in [0.25, 0.3) is 5.56 Å². The van der Waals surface area contributed by atoms with Crippen LogP contribution in [0.2, 0.25) is 10.2 Å². The van der Waals surface area contributed by atoms with Crippen LogP contribution in [-0.2, 0) is 11.2 Å². The van der Waals surface area contributed by atoms with E-state index in [0.717, 1.165) is 30.7 Å². The number of amides is 1. The highest BCUT2D eigenvalue weighted by atomic mass is 35.5. The summed E-state index contributed by atoms with van der Waals surface area (Å²) in [7, 11) is 0. The van der Waals surface area contributed by atoms with Gasteiger partial charge in [-0.1, -0.05) is 65.2 Å². The molecule has 1 saturated carbocycles. The highest BCUT2D eigenvalue weighted by Gasteiger charge is 2.27. The monoisotopic (exact) mass is 575 g/mol. The van der Waals surface area contributed by atoms with Crippen LogP contribution in [-0.4, -0.2) is 45.6 Å². The number of nitrogens with one attached hydrogen (secondary N) is 2. The topological polar surface area (TPSA) is 136 Å². The molecule has 0 spiro atoms. The summed E-state index contributed by atoms with van der Waals surface area (Å²) < 4.78 is 2.78. The Hall–Kier alpha value is -4.35. The Kier molecular flexibility index (Phi) is 7.14. The van der Waals surface area contributed by atoms with E-state index in [2.05, 4.69) is 35.8 Å². The Labute approximate surface area is 238 Å². The van der Waals surface area contributed by atoms with Crippen molar-refractivity contribution in [1.29, 1.82) is 0 Å². The van der Waals surface area contributed by atoms with E-state index in [9.17, 15) is 9.59 Å². The zero-order valence-electron chi connectivity index (χ0n) is 21.0. The van der Waals surface area contributed by atoms with Gasteiger partial charge in [0, 0.05) is 29.0 Å². The van der Waals surface area contributed by atoms with Crippen LogP contribution in [0.4, 0.5) is 5.95 Å². The number of halogens is 2. The van der Waals surface area contributed by atoms with E-state index in [1.807, 2.05) is 30.3 Å². The number of aromatic nitrogens is 8. The minimum Gasteiger partial charge on any atom is -0.291 e. The van der Waals surface area contributed by atoms with Crippen LogP contribution in [0.3, 0.4) is 0 Å². The van der Waals surface area contributed by atoms with Crippen LogP contribution >= 0.6 is 23.2 Å². The van der Waals surface area contributed by atoms with Gasteiger partial charge < -0.3 is 0 Å². The van der Waals surface area contributed by atoms with E-state index >= 15 is 0 Å². The van der Waals surface area contributed by atoms with Crippen LogP contribution in [0.5, 0.6) is 0 Å². The van der Waals surface area contributed by atoms with Crippen LogP contribution in [0, 0.1) is 0 Å². The Morgan fingerprint density at radius 2 is 1.95 bits per heavy atom. The van der Waals surface area contributed by atoms with E-state index < -0.39 is 17.5 Å². The van der Waals surface area contributed by atoms with Crippen molar-refractivity contribution in [1.82, 2.24) is 39.7 Å². The molecule has 0 bridgehead atoms. The third-order valence-electron chi connectivity index (χ3n) is 6.92. The predicted octanol–water partition coefficient (Wildman–Crippen LogP) is 4.61. The van der Waals surface area contributed by atoms with Crippen LogP contribution < -0.4 is 10.9 Å². The average molecular weight is 576 g/mol. The van der Waals surface area contributed by atoms with Gasteiger partial charge in [0.05, 0.1) is 23.9 Å². The number of anilines is 1. The molecule has 3 heterocycles. The second kappa shape index (κ2) is 11.0. The highest BCUT2D eigenvalue weighted by Crippen LogP contribution is 2.34. The van der Waals surface area contributed by atoms with E-state index in [1.165, 1.54) is 27.8 Å². The maximum Gasteiger partial charge on any atom is 0.254 e. The van der Waals surface area contributed by atoms with E-state index in [1.54, 1.807) is 18.2 Å². The molecular formula is C27H23Cl2N9O2. The molecule has 5 aromatic rings. The molecule has 1 amide bonds. The number of benzene rings is 2. The zero-order chi connectivity index (χ0) is 27.6. The lowest BCUT2D eigenvalue weighted by molar-refractivity contribution is -0.119. The number of H-pyrrole nitrogens is 1. The van der Waals surface area contributed by atoms with Gasteiger partial charge in [0.15, 0.2) is 5.15 Å². The van der Waals surface area contributed by atoms with Gasteiger partial charge in [-0.05, 0) is 36.6 Å². The Balaban J connectivity index is 1.34. The fraction of sp³-hybridized carbons (Fsp3) is 0.222. The molecule has 0 unspecified atom stereocenters. The molecule has 0 aliphatic heterocycles. The van der Waals surface area contributed by atoms with Gasteiger partial charge in [-0.3, -0.25) is 24.6 Å². The second-order valence-electron chi connectivity index (χ2n) is 9.53. The summed E-state index contributed by atoms with van der Waals surface area (Å²) in [6.07, 6.45) is 6.40. The maximum atomic E-state index is 13.5. The first-order valence-corrected chi connectivity index (χ1v) is 13.4. The van der Waals surface area contributed by atoms with Crippen molar-refractivity contribution in [3.05, 3.63) is 99.0 Å². The molecule has 1 fully saturated rings. The number of aromatic amines is 1. The molecule has 1 aliphatic rings. The van der Waals surface area contributed by atoms with Crippen LogP contribution in [0.1, 0.15) is 42.6 Å². The molecule has 202 valence electrons. The maximum absolute atomic E-state index is 13.5. The summed E-state index contributed by atoms with van der Waals surface area (Å²) in [5.74, 6) is 0.843. The van der Waals surface area contributed by atoms with Crippen molar-refractivity contribution in [3.8, 4) is 16.9 Å². The third kappa shape index (κ3) is 5.38. The van der Waals surface area contributed by atoms with E-state index in [4.69, 9.17) is 23.2 Å². The molecule has 6 rings (SSSR count). The van der Waals surface area contributed by atoms with Gasteiger partial charge in [-0.25, -0.2) is 9.67 Å². The number of nitrogens with zero attached hydrogens (tertiary/aromatic N) is 7. The minimum atomic E-state index is -0.907. The lowest BCUT2D eigenvalue weighted by atomic mass is 9.85. The molecule has 0 saturated heterocycles. The number of hydrogen-bond acceptors (Lipinski definition) is 7. The zero-order valence-corrected chi connectivity index (χ0v) is 22.5. The van der Waals surface area contributed by atoms with Crippen molar-refractivity contribution in [2.24, 2.45) is 0 Å². The Morgan fingerprint density at radius 3 is 2.65 bits per heavy atom. The van der Waals surface area contributed by atoms with Gasteiger partial charge in [-0.2, -0.15) is 4.98 Å². The molecule has 0 radical (unpaired) electrons. The molecule has 1 aliphatic carbocycles. The summed E-state index contributed by atoms with van der Waals surface area (Å²) >= 11 is 12.2. The van der Waals surface area contributed by atoms with Crippen molar-refractivity contribution in [2.45, 2.75) is 37.6 Å². The van der Waals surface area contributed by atoms with Gasteiger partial charge in [0.1, 0.15) is 11.9 Å². The van der Waals surface area contributed by atoms with Crippen molar-refractivity contribution < 1.29 is 4.79 Å². The van der Waals surface area contributed by atoms with E-state index in [-0.39, 0.29) is 17.5 Å². The minimum absolute atomic E-state index is 0.178. The fourth-order valence-electron chi connectivity index (χ4n) is 4.61. The number of carbonyl (C=O) groups is 1. The lowest BCUT2D eigenvalue weighted by Gasteiger charge is -2.22. The van der Waals surface area contributed by atoms with Crippen molar-refractivity contribution in [3.63, 3.8) is 0 Å².